The van der Waals surface area contributed by atoms with Crippen LogP contribution < -0.4 is 0 Å². The van der Waals surface area contributed by atoms with Crippen LogP contribution in [0.5, 0.6) is 0 Å². The first-order valence-corrected chi connectivity index (χ1v) is 7.43. The van der Waals surface area contributed by atoms with Crippen molar-refractivity contribution >= 4 is 23.8 Å². The molecule has 0 aliphatic carbocycles. The zero-order valence-corrected chi connectivity index (χ0v) is 13.1. The van der Waals surface area contributed by atoms with Crippen molar-refractivity contribution < 1.29 is 23.9 Å². The lowest BCUT2D eigenvalue weighted by Gasteiger charge is -2.14. The normalized spacial score (nSPS) is 12.7. The summed E-state index contributed by atoms with van der Waals surface area (Å²) in [5.41, 5.74) is 0.589. The van der Waals surface area contributed by atoms with Crippen molar-refractivity contribution in [2.75, 3.05) is 6.54 Å². The summed E-state index contributed by atoms with van der Waals surface area (Å²) in [6.45, 7) is 3.18. The van der Waals surface area contributed by atoms with Crippen molar-refractivity contribution in [3.8, 4) is 0 Å². The zero-order chi connectivity index (χ0) is 18.0. The minimum Gasteiger partial charge on any atom is -0.386 e. The highest BCUT2D eigenvalue weighted by Crippen LogP contribution is 2.23. The lowest BCUT2D eigenvalue weighted by atomic mass is 10.1. The van der Waals surface area contributed by atoms with Crippen LogP contribution in [0, 0.1) is 0 Å². The Labute approximate surface area is 143 Å². The van der Waals surface area contributed by atoms with Crippen molar-refractivity contribution in [3.63, 3.8) is 0 Å². The molecule has 1 aliphatic heterocycles. The third kappa shape index (κ3) is 3.10. The third-order valence-electron chi connectivity index (χ3n) is 3.71. The van der Waals surface area contributed by atoms with Gasteiger partial charge in [0, 0.05) is 0 Å². The number of carbonyl (C=O) groups is 4. The molecule has 25 heavy (non-hydrogen) atoms. The molecular weight excluding hydrogens is 322 g/mol. The van der Waals surface area contributed by atoms with Crippen LogP contribution in [0.25, 0.3) is 0 Å². The van der Waals surface area contributed by atoms with Crippen molar-refractivity contribution in [3.05, 3.63) is 83.4 Å². The first kappa shape index (κ1) is 16.3. The van der Waals surface area contributed by atoms with E-state index in [1.165, 1.54) is 24.3 Å². The van der Waals surface area contributed by atoms with E-state index in [2.05, 4.69) is 6.58 Å². The van der Waals surface area contributed by atoms with Gasteiger partial charge in [0.2, 0.25) is 0 Å². The van der Waals surface area contributed by atoms with E-state index in [-0.39, 0.29) is 28.8 Å². The molecule has 0 N–H and O–H groups in total. The third-order valence-corrected chi connectivity index (χ3v) is 3.71. The summed E-state index contributed by atoms with van der Waals surface area (Å²) in [6.07, 6.45) is 0. The molecule has 1 heterocycles. The minimum atomic E-state index is -0.981. The molecule has 0 saturated heterocycles. The van der Waals surface area contributed by atoms with Gasteiger partial charge in [-0.3, -0.25) is 14.5 Å². The average molecular weight is 335 g/mol. The van der Waals surface area contributed by atoms with Crippen LogP contribution in [0.3, 0.4) is 0 Å². The lowest BCUT2D eigenvalue weighted by molar-refractivity contribution is -0.133. The standard InChI is InChI=1S/C19H13NO5/c1-12(18(23)25-19(24)13-7-3-2-4-8-13)11-20-16(21)14-9-5-6-10-15(14)17(20)22/h2-10H,1,11H2. The van der Waals surface area contributed by atoms with E-state index in [9.17, 15) is 19.2 Å². The van der Waals surface area contributed by atoms with E-state index >= 15 is 0 Å². The second-order valence-corrected chi connectivity index (χ2v) is 5.39. The number of hydrogen-bond donors (Lipinski definition) is 0. The second kappa shape index (κ2) is 6.52. The van der Waals surface area contributed by atoms with Crippen LogP contribution in [-0.4, -0.2) is 35.2 Å². The van der Waals surface area contributed by atoms with Gasteiger partial charge < -0.3 is 4.74 Å². The van der Waals surface area contributed by atoms with E-state index in [1.807, 2.05) is 0 Å². The summed E-state index contributed by atoms with van der Waals surface area (Å²) in [6, 6.07) is 14.4. The molecule has 0 aromatic heterocycles. The van der Waals surface area contributed by atoms with Gasteiger partial charge in [-0.05, 0) is 24.3 Å². The molecule has 1 aliphatic rings. The summed E-state index contributed by atoms with van der Waals surface area (Å²) in [7, 11) is 0. The summed E-state index contributed by atoms with van der Waals surface area (Å²) in [5, 5.41) is 0. The molecule has 0 spiro atoms. The first-order chi connectivity index (χ1) is 12.0. The summed E-state index contributed by atoms with van der Waals surface area (Å²) in [4.78, 5) is 49.3. The van der Waals surface area contributed by atoms with Crippen molar-refractivity contribution in [2.24, 2.45) is 0 Å². The number of benzene rings is 2. The predicted octanol–water partition coefficient (Wildman–Crippen LogP) is 2.22. The summed E-state index contributed by atoms with van der Waals surface area (Å²) in [5.74, 6) is -2.83. The number of fused-ring (bicyclic) bond motifs is 1. The molecule has 3 rings (SSSR count). The molecule has 6 heteroatoms. The molecule has 0 bridgehead atoms. The number of esters is 2. The molecular formula is C19H13NO5. The number of ether oxygens (including phenoxy) is 1. The Bertz CT molecular complexity index is 866. The predicted molar refractivity (Wildman–Crippen MR) is 87.8 cm³/mol. The van der Waals surface area contributed by atoms with E-state index < -0.39 is 23.8 Å². The van der Waals surface area contributed by atoms with Crippen molar-refractivity contribution in [2.45, 2.75) is 0 Å². The van der Waals surface area contributed by atoms with E-state index in [0.29, 0.717) is 0 Å². The molecule has 2 amide bonds. The van der Waals surface area contributed by atoms with Gasteiger partial charge in [0.15, 0.2) is 0 Å². The van der Waals surface area contributed by atoms with E-state index in [0.717, 1.165) is 4.90 Å². The highest BCUT2D eigenvalue weighted by atomic mass is 16.6. The number of imide groups is 1. The minimum absolute atomic E-state index is 0.168. The maximum absolute atomic E-state index is 12.3. The van der Waals surface area contributed by atoms with Crippen molar-refractivity contribution in [1.82, 2.24) is 4.90 Å². The molecule has 6 nitrogen and oxygen atoms in total. The first-order valence-electron chi connectivity index (χ1n) is 7.43. The van der Waals surface area contributed by atoms with Crippen LogP contribution in [0.15, 0.2) is 66.7 Å². The fourth-order valence-electron chi connectivity index (χ4n) is 2.43. The summed E-state index contributed by atoms with van der Waals surface area (Å²) >= 11 is 0. The fourth-order valence-corrected chi connectivity index (χ4v) is 2.43. The Kier molecular flexibility index (Phi) is 4.26. The Morgan fingerprint density at radius 2 is 1.40 bits per heavy atom. The number of amides is 2. The Hall–Kier alpha value is -3.54. The molecule has 0 unspecified atom stereocenters. The molecule has 0 atom stereocenters. The molecule has 0 radical (unpaired) electrons. The van der Waals surface area contributed by atoms with Gasteiger partial charge in [-0.1, -0.05) is 36.9 Å². The van der Waals surface area contributed by atoms with Gasteiger partial charge in [-0.2, -0.15) is 0 Å². The van der Waals surface area contributed by atoms with Gasteiger partial charge in [0.25, 0.3) is 11.8 Å². The van der Waals surface area contributed by atoms with Crippen LogP contribution in [0.4, 0.5) is 0 Å². The van der Waals surface area contributed by atoms with Gasteiger partial charge >= 0.3 is 11.9 Å². The Balaban J connectivity index is 1.67. The maximum Gasteiger partial charge on any atom is 0.346 e. The van der Waals surface area contributed by atoms with Gasteiger partial charge in [0.05, 0.1) is 28.8 Å². The molecule has 2 aromatic carbocycles. The highest BCUT2D eigenvalue weighted by Gasteiger charge is 2.36. The smallest absolute Gasteiger partial charge is 0.346 e. The number of nitrogens with zero attached hydrogens (tertiary/aromatic N) is 1. The monoisotopic (exact) mass is 335 g/mol. The maximum atomic E-state index is 12.3. The fraction of sp³-hybridized carbons (Fsp3) is 0.0526. The number of hydrogen-bond acceptors (Lipinski definition) is 5. The number of carbonyl (C=O) groups excluding carboxylic acids is 4. The molecule has 124 valence electrons. The SMILES string of the molecule is C=C(CN1C(=O)c2ccccc2C1=O)C(=O)OC(=O)c1ccccc1. The quantitative estimate of drug-likeness (QED) is 0.370. The zero-order valence-electron chi connectivity index (χ0n) is 13.1. The highest BCUT2D eigenvalue weighted by molar-refractivity contribution is 6.21. The van der Waals surface area contributed by atoms with Gasteiger partial charge in [0.1, 0.15) is 0 Å². The van der Waals surface area contributed by atoms with E-state index in [1.54, 1.807) is 30.3 Å². The van der Waals surface area contributed by atoms with Crippen molar-refractivity contribution in [1.29, 1.82) is 0 Å². The van der Waals surface area contributed by atoms with Crippen LogP contribution in [-0.2, 0) is 9.53 Å². The average Bonchev–Trinajstić information content (AvgIpc) is 2.87. The van der Waals surface area contributed by atoms with E-state index in [4.69, 9.17) is 4.74 Å². The van der Waals surface area contributed by atoms with Crippen LogP contribution in [0.1, 0.15) is 31.1 Å². The topological polar surface area (TPSA) is 80.8 Å². The Morgan fingerprint density at radius 1 is 0.880 bits per heavy atom. The van der Waals surface area contributed by atoms with Crippen LogP contribution in [0.2, 0.25) is 0 Å². The lowest BCUT2D eigenvalue weighted by Crippen LogP contribution is -2.33. The van der Waals surface area contributed by atoms with Crippen LogP contribution >= 0.6 is 0 Å². The second-order valence-electron chi connectivity index (χ2n) is 5.39. The van der Waals surface area contributed by atoms with Gasteiger partial charge in [-0.15, -0.1) is 0 Å². The largest absolute Gasteiger partial charge is 0.386 e. The summed E-state index contributed by atoms with van der Waals surface area (Å²) < 4.78 is 4.73. The molecule has 2 aromatic rings. The molecule has 0 saturated carbocycles. The van der Waals surface area contributed by atoms with Gasteiger partial charge in [-0.25, -0.2) is 9.59 Å². The number of rotatable bonds is 4. The molecule has 0 fully saturated rings. The Morgan fingerprint density at radius 3 is 1.96 bits per heavy atom.